The van der Waals surface area contributed by atoms with Crippen LogP contribution in [0.15, 0.2) is 34.9 Å². The summed E-state index contributed by atoms with van der Waals surface area (Å²) in [6.45, 7) is 8.71. The minimum absolute atomic E-state index is 0.138. The molecule has 3 heterocycles. The van der Waals surface area contributed by atoms with Gasteiger partial charge in [0.05, 0.1) is 33.0 Å². The maximum atomic E-state index is 13.4. The van der Waals surface area contributed by atoms with Gasteiger partial charge in [0.1, 0.15) is 54.3 Å². The van der Waals surface area contributed by atoms with Crippen LogP contribution in [0.1, 0.15) is 74.1 Å². The van der Waals surface area contributed by atoms with E-state index in [0.29, 0.717) is 0 Å². The van der Waals surface area contributed by atoms with E-state index in [2.05, 4.69) is 43.6 Å². The molecular formula is C42H69N4O23P. The van der Waals surface area contributed by atoms with Gasteiger partial charge in [-0.25, -0.2) is 9.36 Å². The van der Waals surface area contributed by atoms with Crippen molar-refractivity contribution in [1.29, 1.82) is 0 Å². The lowest BCUT2D eigenvalue weighted by molar-refractivity contribution is -0.365. The summed E-state index contributed by atoms with van der Waals surface area (Å²) in [6.07, 6.45) is -14.6. The topological polar surface area (TPSA) is 420 Å². The van der Waals surface area contributed by atoms with Gasteiger partial charge >= 0.3 is 20.1 Å². The number of hydrogen-bond donors (Lipinski definition) is 11. The van der Waals surface area contributed by atoms with Gasteiger partial charge in [-0.2, -0.15) is 9.59 Å². The van der Waals surface area contributed by atoms with Gasteiger partial charge in [-0.05, 0) is 60.3 Å². The molecule has 0 aromatic carbocycles. The smallest absolute Gasteiger partial charge is 0.440 e. The first-order valence-corrected chi connectivity index (χ1v) is 23.5. The average Bonchev–Trinajstić information content (AvgIpc) is 3.25. The number of carbonyl (C=O) groups is 4. The van der Waals surface area contributed by atoms with E-state index in [0.717, 1.165) is 52.0 Å². The van der Waals surface area contributed by atoms with Gasteiger partial charge in [0.15, 0.2) is 37.2 Å². The van der Waals surface area contributed by atoms with Gasteiger partial charge in [-0.1, -0.05) is 34.9 Å². The second-order valence-corrected chi connectivity index (χ2v) is 18.4. The Morgan fingerprint density at radius 2 is 1.26 bits per heavy atom. The number of nitrogens with one attached hydrogen (secondary N) is 2. The summed E-state index contributed by atoms with van der Waals surface area (Å²) in [7, 11) is -5.28. The predicted octanol–water partition coefficient (Wildman–Crippen LogP) is -2.31. The molecule has 0 aliphatic carbocycles. The number of ether oxygens (including phenoxy) is 7. The largest absolute Gasteiger partial charge is 0.474 e. The highest BCUT2D eigenvalue weighted by atomic mass is 31.2. The Morgan fingerprint density at radius 1 is 0.743 bits per heavy atom. The van der Waals surface area contributed by atoms with Crippen LogP contribution in [0.3, 0.4) is 0 Å². The quantitative estimate of drug-likeness (QED) is 0.0275. The van der Waals surface area contributed by atoms with Crippen LogP contribution < -0.4 is 22.1 Å². The van der Waals surface area contributed by atoms with Gasteiger partial charge in [-0.3, -0.25) is 23.4 Å². The monoisotopic (exact) mass is 1030 g/mol. The lowest BCUT2D eigenvalue weighted by atomic mass is 9.85. The first-order valence-electron chi connectivity index (χ1n) is 22.0. The number of rotatable bonds is 24. The van der Waals surface area contributed by atoms with Gasteiger partial charge in [-0.15, -0.1) is 0 Å². The number of nitrogens with two attached hydrogens (primary N) is 2. The van der Waals surface area contributed by atoms with Crippen molar-refractivity contribution in [3.63, 3.8) is 0 Å². The van der Waals surface area contributed by atoms with Crippen molar-refractivity contribution in [3.8, 4) is 0 Å². The fraction of sp³-hybridized carbons (Fsp3) is 0.738. The van der Waals surface area contributed by atoms with E-state index in [9.17, 15) is 59.3 Å². The molecule has 0 saturated carbocycles. The van der Waals surface area contributed by atoms with E-state index in [1.807, 2.05) is 13.0 Å². The zero-order valence-electron chi connectivity index (χ0n) is 39.9. The van der Waals surface area contributed by atoms with Crippen LogP contribution in [0, 0.1) is 0 Å². The highest BCUT2D eigenvalue weighted by molar-refractivity contribution is 7.47. The normalized spacial score (nSPS) is 33.3. The summed E-state index contributed by atoms with van der Waals surface area (Å²) in [5.41, 5.74) is 11.8. The van der Waals surface area contributed by atoms with Crippen molar-refractivity contribution in [2.75, 3.05) is 33.0 Å². The molecule has 400 valence electrons. The number of phosphoric acid groups is 1. The number of primary amides is 2. The van der Waals surface area contributed by atoms with Crippen LogP contribution in [0.4, 0.5) is 4.79 Å². The van der Waals surface area contributed by atoms with Crippen LogP contribution in [0.25, 0.3) is 0 Å². The molecule has 13 N–H and O–H groups in total. The molecular weight excluding hydrogens is 959 g/mol. The molecule has 0 spiro atoms. The summed E-state index contributed by atoms with van der Waals surface area (Å²) >= 11 is 0. The molecule has 3 saturated heterocycles. The van der Waals surface area contributed by atoms with Crippen LogP contribution in [0.5, 0.6) is 0 Å². The molecule has 3 aliphatic heterocycles. The fourth-order valence-electron chi connectivity index (χ4n) is 7.49. The fourth-order valence-corrected chi connectivity index (χ4v) is 8.29. The SMILES string of the molecule is CC(=O)NC1C(OC2C(CO)OC(OC3C(OP(=O)(O)OCCOC/C=C(/C)CC/C=C(\C)CCC=C(C)C)OC(C(N)=O)C(C)(O)C3OC(N)=O)C(NC(C)=O)C2O)OC(CO)C(O)C1O.O=C=O. The van der Waals surface area contributed by atoms with Crippen molar-refractivity contribution in [2.45, 2.75) is 166 Å². The first kappa shape index (κ1) is 62.0. The second-order valence-electron chi connectivity index (χ2n) is 17.0. The Kier molecular flexibility index (Phi) is 26.1. The summed E-state index contributed by atoms with van der Waals surface area (Å²) in [5, 5.41) is 69.5. The molecule has 27 nitrogen and oxygen atoms in total. The summed E-state index contributed by atoms with van der Waals surface area (Å²) in [4.78, 5) is 76.5. The molecule has 3 rings (SSSR count). The third-order valence-corrected chi connectivity index (χ3v) is 11.9. The predicted molar refractivity (Wildman–Crippen MR) is 236 cm³/mol. The minimum Gasteiger partial charge on any atom is -0.440 e. The van der Waals surface area contributed by atoms with Crippen LogP contribution in [-0.4, -0.2) is 190 Å². The van der Waals surface area contributed by atoms with E-state index in [1.165, 1.54) is 11.1 Å². The average molecular weight is 1030 g/mol. The van der Waals surface area contributed by atoms with E-state index in [1.54, 1.807) is 0 Å². The molecule has 70 heavy (non-hydrogen) atoms. The van der Waals surface area contributed by atoms with Gasteiger partial charge in [0, 0.05) is 13.8 Å². The maximum absolute atomic E-state index is 13.4. The van der Waals surface area contributed by atoms with Gasteiger partial charge in [0.2, 0.25) is 17.7 Å². The molecule has 0 aromatic rings. The highest BCUT2D eigenvalue weighted by Crippen LogP contribution is 2.48. The van der Waals surface area contributed by atoms with E-state index >= 15 is 0 Å². The molecule has 28 heteroatoms. The van der Waals surface area contributed by atoms with Crippen molar-refractivity contribution >= 4 is 37.8 Å². The van der Waals surface area contributed by atoms with Crippen molar-refractivity contribution in [3.05, 3.63) is 34.9 Å². The summed E-state index contributed by atoms with van der Waals surface area (Å²) < 4.78 is 63.4. The maximum Gasteiger partial charge on any atom is 0.474 e. The van der Waals surface area contributed by atoms with Crippen LogP contribution in [0.2, 0.25) is 0 Å². The molecule has 0 bridgehead atoms. The zero-order chi connectivity index (χ0) is 53.1. The number of allylic oxidation sites excluding steroid dienone is 5. The van der Waals surface area contributed by atoms with Crippen LogP contribution in [-0.2, 0) is 70.7 Å². The standard InChI is InChI=1S/C41H69N4O21P.CO2/c1-20(2)10-8-11-21(3)12-9-13-22(4)14-15-58-16-17-59-67(56,57)66-39-33(34(65-40(43)54)41(7,55)35(64-39)36(42)53)63-38-28(45-24(6)49)31(52)32(26(19-47)61-38)62-37-27(44-23(5)48)30(51)29(50)25(18-46)60-37;2-1-3/h10,12,14,25-35,37-39,46-47,50-52,55H,8-9,11,13,15-19H2,1-7H3,(H2,42,53)(H2,43,54)(H,44,48)(H,45,49)(H,56,57);/b21-12+,22-14-;. The molecule has 3 aliphatic rings. The lowest BCUT2D eigenvalue weighted by Gasteiger charge is -2.51. The Bertz CT molecular complexity index is 1890. The third kappa shape index (κ3) is 19.2. The number of carbonyl (C=O) groups excluding carboxylic acids is 6. The molecule has 0 aromatic heterocycles. The number of hydrogen-bond acceptors (Lipinski definition) is 22. The van der Waals surface area contributed by atoms with Crippen molar-refractivity contribution in [2.24, 2.45) is 11.5 Å². The third-order valence-electron chi connectivity index (χ3n) is 10.9. The zero-order valence-corrected chi connectivity index (χ0v) is 40.8. The minimum atomic E-state index is -5.28. The Balaban J connectivity index is 0.00000545. The lowest BCUT2D eigenvalue weighted by Crippen LogP contribution is -2.72. The van der Waals surface area contributed by atoms with Crippen molar-refractivity contribution < 1.29 is 111 Å². The second kappa shape index (κ2) is 29.4. The number of amides is 4. The van der Waals surface area contributed by atoms with Gasteiger partial charge in [0.25, 0.3) is 0 Å². The Morgan fingerprint density at radius 3 is 1.77 bits per heavy atom. The number of aliphatic hydroxyl groups is 6. The van der Waals surface area contributed by atoms with E-state index in [-0.39, 0.29) is 19.4 Å². The molecule has 4 amide bonds. The Labute approximate surface area is 404 Å². The number of aliphatic hydroxyl groups excluding tert-OH is 5. The number of phosphoric ester groups is 1. The molecule has 16 unspecified atom stereocenters. The highest BCUT2D eigenvalue weighted by Gasteiger charge is 2.61. The van der Waals surface area contributed by atoms with E-state index in [4.69, 9.17) is 63.3 Å². The molecule has 0 radical (unpaired) electrons. The van der Waals surface area contributed by atoms with Gasteiger partial charge < -0.3 is 90.8 Å². The summed E-state index contributed by atoms with van der Waals surface area (Å²) in [5.74, 6) is -2.93. The van der Waals surface area contributed by atoms with E-state index < -0.39 is 143 Å². The Hall–Kier alpha value is -4.09. The first-order chi connectivity index (χ1) is 32.7. The summed E-state index contributed by atoms with van der Waals surface area (Å²) in [6, 6.07) is -3.31. The van der Waals surface area contributed by atoms with Crippen LogP contribution >= 0.6 is 7.82 Å². The molecule has 3 fully saturated rings. The van der Waals surface area contributed by atoms with Crippen molar-refractivity contribution in [1.82, 2.24) is 10.6 Å². The molecule has 16 atom stereocenters.